The molecule has 21 heavy (non-hydrogen) atoms. The van der Waals surface area contributed by atoms with E-state index in [1.54, 1.807) is 13.0 Å². The van der Waals surface area contributed by atoms with Gasteiger partial charge in [0, 0.05) is 11.6 Å². The Kier molecular flexibility index (Phi) is 4.51. The van der Waals surface area contributed by atoms with Crippen LogP contribution in [-0.2, 0) is 6.61 Å². The molecule has 2 N–H and O–H groups in total. The first-order chi connectivity index (χ1) is 10.0. The molecule has 0 aromatic heterocycles. The lowest BCUT2D eigenvalue weighted by molar-refractivity contribution is 0.284. The van der Waals surface area contributed by atoms with E-state index in [1.807, 2.05) is 6.07 Å². The summed E-state index contributed by atoms with van der Waals surface area (Å²) in [6, 6.07) is 9.98. The topological polar surface area (TPSA) is 59.0 Å². The first-order valence-corrected chi connectivity index (χ1v) is 6.37. The average molecular weight is 288 g/mol. The zero-order valence-corrected chi connectivity index (χ0v) is 11.4. The van der Waals surface area contributed by atoms with E-state index in [9.17, 15) is 8.78 Å². The molecule has 0 heterocycles. The summed E-state index contributed by atoms with van der Waals surface area (Å²) in [5.74, 6) is -1.04. The third-order valence-electron chi connectivity index (χ3n) is 3.04. The molecule has 0 aliphatic carbocycles. The maximum absolute atomic E-state index is 13.8. The van der Waals surface area contributed by atoms with Gasteiger partial charge in [-0.2, -0.15) is 5.26 Å². The Bertz CT molecular complexity index is 693. The van der Waals surface area contributed by atoms with Gasteiger partial charge in [-0.3, -0.25) is 0 Å². The lowest BCUT2D eigenvalue weighted by atomic mass is 10.1. The summed E-state index contributed by atoms with van der Waals surface area (Å²) in [7, 11) is 0. The Morgan fingerprint density at radius 2 is 1.95 bits per heavy atom. The van der Waals surface area contributed by atoms with Crippen molar-refractivity contribution in [3.8, 4) is 11.8 Å². The van der Waals surface area contributed by atoms with Gasteiger partial charge in [-0.1, -0.05) is 6.07 Å². The van der Waals surface area contributed by atoms with Crippen LogP contribution in [0.1, 0.15) is 29.7 Å². The zero-order valence-electron chi connectivity index (χ0n) is 11.4. The number of nitriles is 1. The van der Waals surface area contributed by atoms with Gasteiger partial charge in [0.15, 0.2) is 11.6 Å². The van der Waals surface area contributed by atoms with Crippen LogP contribution in [0.4, 0.5) is 8.78 Å². The van der Waals surface area contributed by atoms with Gasteiger partial charge in [-0.25, -0.2) is 8.78 Å². The fourth-order valence-corrected chi connectivity index (χ4v) is 1.83. The van der Waals surface area contributed by atoms with Crippen molar-refractivity contribution in [2.75, 3.05) is 0 Å². The monoisotopic (exact) mass is 288 g/mol. The molecule has 2 aromatic carbocycles. The maximum atomic E-state index is 13.8. The lowest BCUT2D eigenvalue weighted by Crippen LogP contribution is -2.06. The molecule has 2 aromatic rings. The fraction of sp³-hybridized carbons (Fsp3) is 0.188. The minimum absolute atomic E-state index is 0.0150. The normalized spacial score (nSPS) is 11.8. The molecule has 0 saturated heterocycles. The quantitative estimate of drug-likeness (QED) is 0.937. The minimum atomic E-state index is -0.554. The van der Waals surface area contributed by atoms with Gasteiger partial charge in [0.25, 0.3) is 0 Å². The Morgan fingerprint density at radius 1 is 1.19 bits per heavy atom. The maximum Gasteiger partial charge on any atom is 0.165 e. The summed E-state index contributed by atoms with van der Waals surface area (Å²) in [6.07, 6.45) is 0. The molecule has 0 radical (unpaired) electrons. The summed E-state index contributed by atoms with van der Waals surface area (Å²) in [5.41, 5.74) is 6.83. The SMILES string of the molecule is C[C@H](N)c1ccc(OCc2cc(C#N)ccc2F)c(F)c1. The van der Waals surface area contributed by atoms with Crippen LogP contribution in [0.2, 0.25) is 0 Å². The molecule has 0 bridgehead atoms. The molecule has 0 aliphatic heterocycles. The number of ether oxygens (including phenoxy) is 1. The number of nitrogens with zero attached hydrogens (tertiary/aromatic N) is 1. The summed E-state index contributed by atoms with van der Waals surface area (Å²) in [4.78, 5) is 0. The Morgan fingerprint density at radius 3 is 2.57 bits per heavy atom. The lowest BCUT2D eigenvalue weighted by Gasteiger charge is -2.11. The highest BCUT2D eigenvalue weighted by Crippen LogP contribution is 2.22. The van der Waals surface area contributed by atoms with E-state index >= 15 is 0 Å². The van der Waals surface area contributed by atoms with Crippen LogP contribution >= 0.6 is 0 Å². The molecule has 0 amide bonds. The highest BCUT2D eigenvalue weighted by molar-refractivity contribution is 5.34. The highest BCUT2D eigenvalue weighted by Gasteiger charge is 2.09. The molecule has 0 aliphatic rings. The first-order valence-electron chi connectivity index (χ1n) is 6.37. The molecular formula is C16H14F2N2O. The average Bonchev–Trinajstić information content (AvgIpc) is 2.47. The van der Waals surface area contributed by atoms with Crippen molar-refractivity contribution in [1.29, 1.82) is 5.26 Å². The minimum Gasteiger partial charge on any atom is -0.486 e. The summed E-state index contributed by atoms with van der Waals surface area (Å²) in [6.45, 7) is 1.59. The van der Waals surface area contributed by atoms with Gasteiger partial charge in [0.05, 0.1) is 11.6 Å². The number of nitrogens with two attached hydrogens (primary N) is 1. The van der Waals surface area contributed by atoms with Gasteiger partial charge in [-0.05, 0) is 42.8 Å². The second kappa shape index (κ2) is 6.33. The van der Waals surface area contributed by atoms with Crippen molar-refractivity contribution in [1.82, 2.24) is 0 Å². The third kappa shape index (κ3) is 3.56. The summed E-state index contributed by atoms with van der Waals surface area (Å²) >= 11 is 0. The second-order valence-corrected chi connectivity index (χ2v) is 4.69. The molecule has 5 heteroatoms. The van der Waals surface area contributed by atoms with Crippen molar-refractivity contribution >= 4 is 0 Å². The van der Waals surface area contributed by atoms with Crippen LogP contribution in [-0.4, -0.2) is 0 Å². The van der Waals surface area contributed by atoms with E-state index < -0.39 is 11.6 Å². The van der Waals surface area contributed by atoms with Gasteiger partial charge in [0.1, 0.15) is 12.4 Å². The van der Waals surface area contributed by atoms with Gasteiger partial charge in [-0.15, -0.1) is 0 Å². The third-order valence-corrected chi connectivity index (χ3v) is 3.04. The number of halogens is 2. The number of rotatable bonds is 4. The second-order valence-electron chi connectivity index (χ2n) is 4.69. The van der Waals surface area contributed by atoms with Crippen LogP contribution in [0.25, 0.3) is 0 Å². The first kappa shape index (κ1) is 14.9. The molecule has 0 fully saturated rings. The zero-order chi connectivity index (χ0) is 15.4. The van der Waals surface area contributed by atoms with Gasteiger partial charge >= 0.3 is 0 Å². The molecule has 108 valence electrons. The fourth-order valence-electron chi connectivity index (χ4n) is 1.83. The van der Waals surface area contributed by atoms with Crippen molar-refractivity contribution in [2.24, 2.45) is 5.73 Å². The Labute approximate surface area is 121 Å². The van der Waals surface area contributed by atoms with E-state index in [0.717, 1.165) is 0 Å². The largest absolute Gasteiger partial charge is 0.486 e. The van der Waals surface area contributed by atoms with Crippen LogP contribution in [0.3, 0.4) is 0 Å². The van der Waals surface area contributed by atoms with Crippen molar-refractivity contribution < 1.29 is 13.5 Å². The molecular weight excluding hydrogens is 274 g/mol. The smallest absolute Gasteiger partial charge is 0.165 e. The predicted molar refractivity (Wildman–Crippen MR) is 74.4 cm³/mol. The van der Waals surface area contributed by atoms with Crippen molar-refractivity contribution in [2.45, 2.75) is 19.6 Å². The van der Waals surface area contributed by atoms with Crippen LogP contribution < -0.4 is 10.5 Å². The predicted octanol–water partition coefficient (Wildman–Crippen LogP) is 3.44. The van der Waals surface area contributed by atoms with E-state index in [-0.39, 0.29) is 24.0 Å². The van der Waals surface area contributed by atoms with E-state index in [0.29, 0.717) is 11.1 Å². The Balaban J connectivity index is 2.15. The van der Waals surface area contributed by atoms with Gasteiger partial charge in [0.2, 0.25) is 0 Å². The molecule has 0 spiro atoms. The molecule has 0 saturated carbocycles. The molecule has 1 atom stereocenters. The van der Waals surface area contributed by atoms with E-state index in [4.69, 9.17) is 15.7 Å². The number of benzene rings is 2. The van der Waals surface area contributed by atoms with E-state index in [1.165, 1.54) is 30.3 Å². The molecule has 3 nitrogen and oxygen atoms in total. The molecule has 0 unspecified atom stereocenters. The summed E-state index contributed by atoms with van der Waals surface area (Å²) < 4.78 is 32.7. The van der Waals surface area contributed by atoms with Crippen LogP contribution in [0.15, 0.2) is 36.4 Å². The van der Waals surface area contributed by atoms with Gasteiger partial charge < -0.3 is 10.5 Å². The number of hydrogen-bond donors (Lipinski definition) is 1. The van der Waals surface area contributed by atoms with Crippen LogP contribution in [0, 0.1) is 23.0 Å². The van der Waals surface area contributed by atoms with Crippen LogP contribution in [0.5, 0.6) is 5.75 Å². The highest BCUT2D eigenvalue weighted by atomic mass is 19.1. The van der Waals surface area contributed by atoms with E-state index in [2.05, 4.69) is 0 Å². The molecule has 2 rings (SSSR count). The summed E-state index contributed by atoms with van der Waals surface area (Å²) in [5, 5.41) is 8.78. The Hall–Kier alpha value is -2.45. The van der Waals surface area contributed by atoms with Crippen molar-refractivity contribution in [3.63, 3.8) is 0 Å². The standard InChI is InChI=1S/C16H14F2N2O/c1-10(20)12-3-5-16(15(18)7-12)21-9-13-6-11(8-19)2-4-14(13)17/h2-7,10H,9,20H2,1H3/t10-/m0/s1. The number of hydrogen-bond acceptors (Lipinski definition) is 3. The van der Waals surface area contributed by atoms with Crippen molar-refractivity contribution in [3.05, 3.63) is 64.7 Å².